The Morgan fingerprint density at radius 1 is 0.350 bits per heavy atom. The van der Waals surface area contributed by atoms with Gasteiger partial charge in [-0.05, 0) is 177 Å². The van der Waals surface area contributed by atoms with Crippen molar-refractivity contribution in [2.45, 2.75) is 90.9 Å². The largest absolute Gasteiger partial charge is 0.310 e. The molecule has 1 spiro atoms. The Kier molecular flexibility index (Phi) is 10.0. The maximum Gasteiger partial charge on any atom is 0.0468 e. The van der Waals surface area contributed by atoms with Crippen LogP contribution in [0.5, 0.6) is 0 Å². The molecule has 0 unspecified atom stereocenters. The molecule has 0 bridgehead atoms. The van der Waals surface area contributed by atoms with E-state index in [0.717, 1.165) is 25.7 Å². The molecule has 0 atom stereocenters. The number of rotatable bonds is 10. The molecule has 2 heteroatoms. The summed E-state index contributed by atoms with van der Waals surface area (Å²) in [6.45, 7) is 9.12. The number of hydrogen-bond donors (Lipinski definition) is 0. The van der Waals surface area contributed by atoms with Crippen molar-refractivity contribution in [3.63, 3.8) is 0 Å². The van der Waals surface area contributed by atoms with Crippen LogP contribution in [0, 0.1) is 0 Å². The van der Waals surface area contributed by atoms with Crippen LogP contribution >= 0.6 is 0 Å². The summed E-state index contributed by atoms with van der Waals surface area (Å²) >= 11 is 0. The van der Waals surface area contributed by atoms with Crippen molar-refractivity contribution < 1.29 is 0 Å². The molecule has 298 valence electrons. The maximum absolute atomic E-state index is 2.58. The minimum absolute atomic E-state index is 0.0413. The second kappa shape index (κ2) is 15.8. The molecule has 0 amide bonds. The first-order valence-corrected chi connectivity index (χ1v) is 22.6. The van der Waals surface area contributed by atoms with Crippen molar-refractivity contribution in [3.05, 3.63) is 191 Å². The molecule has 0 N–H and O–H groups in total. The Labute approximate surface area is 357 Å². The van der Waals surface area contributed by atoms with E-state index in [2.05, 4.69) is 195 Å². The molecule has 2 aliphatic carbocycles. The molecular weight excluding hydrogens is 725 g/mol. The molecule has 8 aromatic carbocycles. The summed E-state index contributed by atoms with van der Waals surface area (Å²) in [7, 11) is 0. The van der Waals surface area contributed by atoms with Gasteiger partial charge in [-0.2, -0.15) is 0 Å². The normalized spacial score (nSPS) is 14.1. The predicted octanol–water partition coefficient (Wildman–Crippen LogP) is 16.4. The van der Waals surface area contributed by atoms with Gasteiger partial charge in [0.2, 0.25) is 0 Å². The molecule has 0 saturated heterocycles. The Morgan fingerprint density at radius 2 is 0.717 bits per heavy atom. The first-order valence-electron chi connectivity index (χ1n) is 22.6. The molecule has 1 saturated carbocycles. The lowest BCUT2D eigenvalue weighted by molar-refractivity contribution is 0.353. The van der Waals surface area contributed by atoms with Crippen molar-refractivity contribution >= 4 is 55.7 Å². The van der Waals surface area contributed by atoms with Crippen LogP contribution in [-0.2, 0) is 31.1 Å². The number of fused-ring (bicyclic) bond motifs is 7. The Hall–Kier alpha value is -6.12. The summed E-state index contributed by atoms with van der Waals surface area (Å²) in [5.41, 5.74) is 18.8. The van der Waals surface area contributed by atoms with E-state index in [9.17, 15) is 0 Å². The van der Waals surface area contributed by atoms with Gasteiger partial charge >= 0.3 is 0 Å². The van der Waals surface area contributed by atoms with Gasteiger partial charge in [-0.1, -0.05) is 132 Å². The minimum Gasteiger partial charge on any atom is -0.310 e. The van der Waals surface area contributed by atoms with Crippen molar-refractivity contribution in [3.8, 4) is 11.1 Å². The summed E-state index contributed by atoms with van der Waals surface area (Å²) in [5, 5.41) is 5.06. The maximum atomic E-state index is 2.58. The number of hydrogen-bond acceptors (Lipinski definition) is 2. The quantitative estimate of drug-likeness (QED) is 0.136. The smallest absolute Gasteiger partial charge is 0.0468 e. The molecule has 0 radical (unpaired) electrons. The van der Waals surface area contributed by atoms with Crippen molar-refractivity contribution in [1.29, 1.82) is 0 Å². The van der Waals surface area contributed by atoms with Gasteiger partial charge in [-0.3, -0.25) is 0 Å². The highest BCUT2D eigenvalue weighted by Gasteiger charge is 2.44. The third-order valence-electron chi connectivity index (χ3n) is 14.0. The highest BCUT2D eigenvalue weighted by atomic mass is 15.1. The zero-order valence-electron chi connectivity index (χ0n) is 35.8. The molecule has 10 rings (SSSR count). The molecule has 60 heavy (non-hydrogen) atoms. The zero-order valence-corrected chi connectivity index (χ0v) is 35.8. The highest BCUT2D eigenvalue weighted by molar-refractivity contribution is 5.93. The molecular formula is C58H56N2. The van der Waals surface area contributed by atoms with E-state index in [1.54, 1.807) is 0 Å². The first kappa shape index (κ1) is 38.1. The van der Waals surface area contributed by atoms with Crippen molar-refractivity contribution in [2.24, 2.45) is 0 Å². The lowest BCUT2D eigenvalue weighted by atomic mass is 9.67. The van der Waals surface area contributed by atoms with Crippen LogP contribution in [0.25, 0.3) is 32.7 Å². The van der Waals surface area contributed by atoms with Crippen LogP contribution in [0.15, 0.2) is 158 Å². The fourth-order valence-corrected chi connectivity index (χ4v) is 10.8. The van der Waals surface area contributed by atoms with E-state index >= 15 is 0 Å². The van der Waals surface area contributed by atoms with Crippen LogP contribution in [0.3, 0.4) is 0 Å². The monoisotopic (exact) mass is 780 g/mol. The van der Waals surface area contributed by atoms with E-state index in [4.69, 9.17) is 0 Å². The average Bonchev–Trinajstić information content (AvgIpc) is 3.56. The van der Waals surface area contributed by atoms with E-state index in [1.165, 1.54) is 132 Å². The van der Waals surface area contributed by atoms with Crippen LogP contribution in [0.1, 0.15) is 93.2 Å². The summed E-state index contributed by atoms with van der Waals surface area (Å²) in [6.07, 6.45) is 10.3. The van der Waals surface area contributed by atoms with Gasteiger partial charge in [0.25, 0.3) is 0 Å². The van der Waals surface area contributed by atoms with Gasteiger partial charge in [-0.15, -0.1) is 0 Å². The third-order valence-corrected chi connectivity index (χ3v) is 14.0. The molecule has 0 heterocycles. The molecule has 1 fully saturated rings. The molecule has 2 nitrogen and oxygen atoms in total. The van der Waals surface area contributed by atoms with Gasteiger partial charge in [-0.25, -0.2) is 0 Å². The van der Waals surface area contributed by atoms with E-state index in [0.29, 0.717) is 0 Å². The number of anilines is 6. The SMILES string of the molecule is CCc1ccc(N(c2ccc3c(c2)C2(CCCCC2)c2cc(N(c4ccc(CC)c(CC)c4)c4ccc5ccccc5c4)ccc2-3)c2ccc3ccccc3c2)cc1CC. The van der Waals surface area contributed by atoms with E-state index in [-0.39, 0.29) is 5.41 Å². The topological polar surface area (TPSA) is 6.48 Å². The predicted molar refractivity (Wildman–Crippen MR) is 258 cm³/mol. The van der Waals surface area contributed by atoms with Gasteiger partial charge < -0.3 is 9.80 Å². The fraction of sp³-hybridized carbons (Fsp3) is 0.241. The van der Waals surface area contributed by atoms with Gasteiger partial charge in [0.05, 0.1) is 0 Å². The van der Waals surface area contributed by atoms with Gasteiger partial charge in [0, 0.05) is 39.5 Å². The summed E-state index contributed by atoms with van der Waals surface area (Å²) in [5.74, 6) is 0. The third kappa shape index (κ3) is 6.49. The number of nitrogens with zero attached hydrogens (tertiary/aromatic N) is 2. The zero-order chi connectivity index (χ0) is 40.8. The standard InChI is InChI=1S/C58H56N2/c1-5-40-20-24-48(34-42(40)7-3)59(50-26-22-44-16-10-12-18-46(44)36-50)52-28-30-54-55-31-29-53(39-57(55)58(56(54)38-52)32-14-9-15-33-58)60(49-25-21-41(6-2)43(8-4)35-49)51-27-23-45-17-11-13-19-47(45)37-51/h10-13,16-31,34-39H,5-9,14-15,32-33H2,1-4H3. The molecule has 0 aliphatic heterocycles. The highest BCUT2D eigenvalue weighted by Crippen LogP contribution is 2.58. The lowest BCUT2D eigenvalue weighted by Crippen LogP contribution is -2.28. The molecule has 2 aliphatic rings. The lowest BCUT2D eigenvalue weighted by Gasteiger charge is -2.37. The summed E-state index contributed by atoms with van der Waals surface area (Å²) in [4.78, 5) is 5.03. The van der Waals surface area contributed by atoms with Gasteiger partial charge in [0.1, 0.15) is 0 Å². The summed E-state index contributed by atoms with van der Waals surface area (Å²) in [6, 6.07) is 60.5. The average molecular weight is 781 g/mol. The first-order chi connectivity index (χ1) is 29.5. The summed E-state index contributed by atoms with van der Waals surface area (Å²) < 4.78 is 0. The van der Waals surface area contributed by atoms with Gasteiger partial charge in [0.15, 0.2) is 0 Å². The molecule has 8 aromatic rings. The Bertz CT molecular complexity index is 2680. The van der Waals surface area contributed by atoms with Crippen LogP contribution in [-0.4, -0.2) is 0 Å². The van der Waals surface area contributed by atoms with E-state index < -0.39 is 0 Å². The second-order valence-corrected chi connectivity index (χ2v) is 17.2. The van der Waals surface area contributed by atoms with E-state index in [1.807, 2.05) is 0 Å². The Morgan fingerprint density at radius 3 is 1.15 bits per heavy atom. The molecule has 0 aromatic heterocycles. The second-order valence-electron chi connectivity index (χ2n) is 17.2. The van der Waals surface area contributed by atoms with Crippen LogP contribution < -0.4 is 9.80 Å². The minimum atomic E-state index is -0.0413. The fourth-order valence-electron chi connectivity index (χ4n) is 10.8. The number of benzene rings is 8. The van der Waals surface area contributed by atoms with Crippen molar-refractivity contribution in [1.82, 2.24) is 0 Å². The van der Waals surface area contributed by atoms with Crippen molar-refractivity contribution in [2.75, 3.05) is 9.80 Å². The van der Waals surface area contributed by atoms with Crippen LogP contribution in [0.4, 0.5) is 34.1 Å². The Balaban J connectivity index is 1.14. The number of aryl methyl sites for hydroxylation is 4. The van der Waals surface area contributed by atoms with Crippen LogP contribution in [0.2, 0.25) is 0 Å².